The van der Waals surface area contributed by atoms with Gasteiger partial charge in [0.1, 0.15) is 0 Å². The molecule has 116 valence electrons. The minimum atomic E-state index is 0. The Morgan fingerprint density at radius 2 is 2.10 bits per heavy atom. The second-order valence-corrected chi connectivity index (χ2v) is 6.35. The van der Waals surface area contributed by atoms with Crippen LogP contribution in [0.4, 0.5) is 5.69 Å². The fourth-order valence-electron chi connectivity index (χ4n) is 3.44. The molecule has 1 fully saturated rings. The van der Waals surface area contributed by atoms with Crippen LogP contribution in [-0.4, -0.2) is 29.9 Å². The number of carbonyl (C=O) groups excluding carboxylic acids is 1. The summed E-state index contributed by atoms with van der Waals surface area (Å²) in [7, 11) is 0. The fourth-order valence-corrected chi connectivity index (χ4v) is 3.44. The highest BCUT2D eigenvalue weighted by Crippen LogP contribution is 2.29. The average molecular weight is 309 g/mol. The zero-order valence-corrected chi connectivity index (χ0v) is 13.7. The van der Waals surface area contributed by atoms with Crippen LogP contribution < -0.4 is 5.32 Å². The maximum absolute atomic E-state index is 12.9. The molecule has 0 aromatic heterocycles. The van der Waals surface area contributed by atoms with Crippen LogP contribution in [0, 0.1) is 5.92 Å². The van der Waals surface area contributed by atoms with Gasteiger partial charge in [-0.05, 0) is 56.2 Å². The number of fused-ring (bicyclic) bond motifs is 1. The zero-order chi connectivity index (χ0) is 14.1. The zero-order valence-electron chi connectivity index (χ0n) is 12.9. The molecule has 1 aromatic carbocycles. The van der Waals surface area contributed by atoms with Gasteiger partial charge in [0.2, 0.25) is 0 Å². The van der Waals surface area contributed by atoms with E-state index in [1.807, 2.05) is 12.1 Å². The first kappa shape index (κ1) is 16.2. The standard InChI is InChI=1S/C17H24N2O.ClH/c1-12-8-9-13(2)19(11-12)17(20)15-5-3-7-16-14(15)6-4-10-18-16;/h3,5,7,12-13,18H,4,6,8-11H2,1-2H3;1H. The molecular weight excluding hydrogens is 284 g/mol. The number of nitrogens with one attached hydrogen (secondary N) is 1. The van der Waals surface area contributed by atoms with Gasteiger partial charge in [0, 0.05) is 30.4 Å². The molecule has 2 unspecified atom stereocenters. The monoisotopic (exact) mass is 308 g/mol. The van der Waals surface area contributed by atoms with Crippen molar-refractivity contribution in [2.24, 2.45) is 5.92 Å². The van der Waals surface area contributed by atoms with E-state index < -0.39 is 0 Å². The van der Waals surface area contributed by atoms with Crippen molar-refractivity contribution in [3.8, 4) is 0 Å². The summed E-state index contributed by atoms with van der Waals surface area (Å²) in [6.07, 6.45) is 4.49. The van der Waals surface area contributed by atoms with E-state index in [-0.39, 0.29) is 18.3 Å². The molecule has 4 heteroatoms. The Kier molecular flexibility index (Phi) is 5.15. The maximum Gasteiger partial charge on any atom is 0.254 e. The van der Waals surface area contributed by atoms with Crippen molar-refractivity contribution in [3.63, 3.8) is 0 Å². The van der Waals surface area contributed by atoms with Crippen LogP contribution in [0.2, 0.25) is 0 Å². The topological polar surface area (TPSA) is 32.3 Å². The van der Waals surface area contributed by atoms with Gasteiger partial charge in [0.25, 0.3) is 5.91 Å². The molecule has 1 amide bonds. The van der Waals surface area contributed by atoms with E-state index >= 15 is 0 Å². The lowest BCUT2D eigenvalue weighted by Crippen LogP contribution is -2.45. The number of anilines is 1. The van der Waals surface area contributed by atoms with E-state index in [0.29, 0.717) is 12.0 Å². The summed E-state index contributed by atoms with van der Waals surface area (Å²) in [5.41, 5.74) is 3.28. The third-order valence-corrected chi connectivity index (χ3v) is 4.70. The van der Waals surface area contributed by atoms with Gasteiger partial charge in [-0.15, -0.1) is 12.4 Å². The van der Waals surface area contributed by atoms with Gasteiger partial charge in [0.15, 0.2) is 0 Å². The second-order valence-electron chi connectivity index (χ2n) is 6.35. The summed E-state index contributed by atoms with van der Waals surface area (Å²) < 4.78 is 0. The first-order chi connectivity index (χ1) is 9.66. The van der Waals surface area contributed by atoms with Gasteiger partial charge in [0.05, 0.1) is 0 Å². The predicted octanol–water partition coefficient (Wildman–Crippen LogP) is 3.73. The molecule has 0 aliphatic carbocycles. The number of hydrogen-bond donors (Lipinski definition) is 1. The highest BCUT2D eigenvalue weighted by molar-refractivity contribution is 5.97. The van der Waals surface area contributed by atoms with Crippen molar-refractivity contribution in [2.45, 2.75) is 45.6 Å². The Bertz CT molecular complexity index is 518. The number of rotatable bonds is 1. The second kappa shape index (κ2) is 6.69. The third-order valence-electron chi connectivity index (χ3n) is 4.70. The maximum atomic E-state index is 12.9. The van der Waals surface area contributed by atoms with Crippen LogP contribution in [0.5, 0.6) is 0 Å². The van der Waals surface area contributed by atoms with Crippen LogP contribution >= 0.6 is 12.4 Å². The van der Waals surface area contributed by atoms with Gasteiger partial charge in [-0.2, -0.15) is 0 Å². The molecule has 0 spiro atoms. The molecule has 0 bridgehead atoms. The highest BCUT2D eigenvalue weighted by Gasteiger charge is 2.29. The van der Waals surface area contributed by atoms with Crippen molar-refractivity contribution in [1.29, 1.82) is 0 Å². The predicted molar refractivity (Wildman–Crippen MR) is 89.4 cm³/mol. The summed E-state index contributed by atoms with van der Waals surface area (Å²) in [5, 5.41) is 3.41. The Morgan fingerprint density at radius 3 is 2.90 bits per heavy atom. The number of hydrogen-bond acceptors (Lipinski definition) is 2. The number of piperidine rings is 1. The minimum absolute atomic E-state index is 0. The molecule has 3 nitrogen and oxygen atoms in total. The lowest BCUT2D eigenvalue weighted by atomic mass is 9.92. The van der Waals surface area contributed by atoms with Crippen molar-refractivity contribution < 1.29 is 4.79 Å². The molecule has 21 heavy (non-hydrogen) atoms. The van der Waals surface area contributed by atoms with E-state index in [9.17, 15) is 4.79 Å². The van der Waals surface area contributed by atoms with Gasteiger partial charge >= 0.3 is 0 Å². The lowest BCUT2D eigenvalue weighted by Gasteiger charge is -2.37. The Hall–Kier alpha value is -1.22. The first-order valence-corrected chi connectivity index (χ1v) is 7.83. The third kappa shape index (κ3) is 3.18. The summed E-state index contributed by atoms with van der Waals surface area (Å²) in [5.74, 6) is 0.845. The van der Waals surface area contributed by atoms with E-state index in [1.54, 1.807) is 0 Å². The van der Waals surface area contributed by atoms with E-state index in [4.69, 9.17) is 0 Å². The number of nitrogens with zero attached hydrogens (tertiary/aromatic N) is 1. The molecule has 2 aliphatic heterocycles. The molecule has 1 aromatic rings. The summed E-state index contributed by atoms with van der Waals surface area (Å²) in [4.78, 5) is 15.0. The van der Waals surface area contributed by atoms with Crippen molar-refractivity contribution in [3.05, 3.63) is 29.3 Å². The van der Waals surface area contributed by atoms with Crippen LogP contribution in [0.3, 0.4) is 0 Å². The Morgan fingerprint density at radius 1 is 1.29 bits per heavy atom. The quantitative estimate of drug-likeness (QED) is 0.857. The van der Waals surface area contributed by atoms with E-state index in [0.717, 1.165) is 43.6 Å². The number of likely N-dealkylation sites (tertiary alicyclic amines) is 1. The Labute approximate surface area is 133 Å². The number of carbonyl (C=O) groups is 1. The average Bonchev–Trinajstić information content (AvgIpc) is 2.48. The smallest absolute Gasteiger partial charge is 0.254 e. The Balaban J connectivity index is 0.00000161. The number of amides is 1. The molecule has 1 N–H and O–H groups in total. The molecule has 1 saturated heterocycles. The van der Waals surface area contributed by atoms with Crippen molar-refractivity contribution in [2.75, 3.05) is 18.4 Å². The van der Waals surface area contributed by atoms with Crippen LogP contribution in [0.25, 0.3) is 0 Å². The van der Waals surface area contributed by atoms with Gasteiger partial charge in [-0.1, -0.05) is 13.0 Å². The van der Waals surface area contributed by atoms with Gasteiger partial charge in [-0.3, -0.25) is 4.79 Å². The minimum Gasteiger partial charge on any atom is -0.385 e. The van der Waals surface area contributed by atoms with Crippen LogP contribution in [-0.2, 0) is 6.42 Å². The van der Waals surface area contributed by atoms with Crippen LogP contribution in [0.1, 0.15) is 49.0 Å². The normalized spacial score (nSPS) is 24.6. The number of benzene rings is 1. The SMILES string of the molecule is CC1CCC(C)N(C(=O)c2cccc3c2CCCN3)C1.Cl. The largest absolute Gasteiger partial charge is 0.385 e. The van der Waals surface area contributed by atoms with Gasteiger partial charge in [-0.25, -0.2) is 0 Å². The van der Waals surface area contributed by atoms with Crippen LogP contribution in [0.15, 0.2) is 18.2 Å². The summed E-state index contributed by atoms with van der Waals surface area (Å²) in [6, 6.07) is 6.46. The van der Waals surface area contributed by atoms with E-state index in [1.165, 1.54) is 12.0 Å². The van der Waals surface area contributed by atoms with Gasteiger partial charge < -0.3 is 10.2 Å². The summed E-state index contributed by atoms with van der Waals surface area (Å²) in [6.45, 7) is 6.34. The van der Waals surface area contributed by atoms with Crippen molar-refractivity contribution >= 4 is 24.0 Å². The first-order valence-electron chi connectivity index (χ1n) is 7.83. The molecule has 3 rings (SSSR count). The summed E-state index contributed by atoms with van der Waals surface area (Å²) >= 11 is 0. The highest BCUT2D eigenvalue weighted by atomic mass is 35.5. The molecule has 0 saturated carbocycles. The molecule has 0 radical (unpaired) electrons. The molecule has 2 atom stereocenters. The van der Waals surface area contributed by atoms with Crippen molar-refractivity contribution in [1.82, 2.24) is 4.90 Å². The molecule has 2 aliphatic rings. The molecule has 2 heterocycles. The lowest BCUT2D eigenvalue weighted by molar-refractivity contribution is 0.0573. The van der Waals surface area contributed by atoms with E-state index in [2.05, 4.69) is 30.1 Å². The molecular formula is C17H25ClN2O. The number of halogens is 1. The fraction of sp³-hybridized carbons (Fsp3) is 0.588.